The second-order valence-corrected chi connectivity index (χ2v) is 6.21. The molecule has 5 nitrogen and oxygen atoms in total. The van der Waals surface area contributed by atoms with E-state index >= 15 is 0 Å². The number of hydrogen-bond acceptors (Lipinski definition) is 6. The van der Waals surface area contributed by atoms with Gasteiger partial charge in [0.1, 0.15) is 11.9 Å². The molecule has 1 atom stereocenters. The van der Waals surface area contributed by atoms with Crippen molar-refractivity contribution in [2.75, 3.05) is 23.8 Å². The van der Waals surface area contributed by atoms with Gasteiger partial charge in [0.05, 0.1) is 6.61 Å². The standard InChI is InChI=1S/C11H18N4OS/c1-11(2,3)9-13-8(14-10(12)15-9)7-6-17-5-4-16-7/h7H,4-6H2,1-3H3,(H2,12,13,14,15). The van der Waals surface area contributed by atoms with Gasteiger partial charge in [0.15, 0.2) is 5.82 Å². The smallest absolute Gasteiger partial charge is 0.223 e. The maximum atomic E-state index is 5.74. The Hall–Kier alpha value is -0.880. The van der Waals surface area contributed by atoms with E-state index < -0.39 is 0 Å². The number of anilines is 1. The van der Waals surface area contributed by atoms with Crippen LogP contribution in [0.1, 0.15) is 38.5 Å². The fourth-order valence-electron chi connectivity index (χ4n) is 1.53. The summed E-state index contributed by atoms with van der Waals surface area (Å²) in [5, 5.41) is 0. The second kappa shape index (κ2) is 4.78. The van der Waals surface area contributed by atoms with Crippen molar-refractivity contribution in [1.82, 2.24) is 15.0 Å². The molecule has 6 heteroatoms. The van der Waals surface area contributed by atoms with Crippen LogP contribution in [0.4, 0.5) is 5.95 Å². The average Bonchev–Trinajstić information content (AvgIpc) is 2.28. The normalized spacial score (nSPS) is 21.5. The molecule has 0 saturated carbocycles. The van der Waals surface area contributed by atoms with E-state index in [-0.39, 0.29) is 17.5 Å². The molecule has 17 heavy (non-hydrogen) atoms. The van der Waals surface area contributed by atoms with Gasteiger partial charge in [-0.3, -0.25) is 0 Å². The van der Waals surface area contributed by atoms with Crippen LogP contribution in [0.3, 0.4) is 0 Å². The summed E-state index contributed by atoms with van der Waals surface area (Å²) in [6, 6.07) is 0. The van der Waals surface area contributed by atoms with E-state index in [9.17, 15) is 0 Å². The van der Waals surface area contributed by atoms with E-state index in [4.69, 9.17) is 10.5 Å². The third-order valence-corrected chi connectivity index (χ3v) is 3.44. The Morgan fingerprint density at radius 3 is 2.65 bits per heavy atom. The summed E-state index contributed by atoms with van der Waals surface area (Å²) in [6.45, 7) is 6.91. The van der Waals surface area contributed by atoms with Crippen LogP contribution in [-0.2, 0) is 10.2 Å². The third-order valence-electron chi connectivity index (χ3n) is 2.44. The molecule has 1 aromatic heterocycles. The Morgan fingerprint density at radius 2 is 2.06 bits per heavy atom. The van der Waals surface area contributed by atoms with Crippen LogP contribution >= 0.6 is 11.8 Å². The molecule has 1 aliphatic rings. The average molecular weight is 254 g/mol. The van der Waals surface area contributed by atoms with Crippen LogP contribution in [-0.4, -0.2) is 33.1 Å². The second-order valence-electron chi connectivity index (χ2n) is 5.06. The molecule has 1 aromatic rings. The Morgan fingerprint density at radius 1 is 1.29 bits per heavy atom. The van der Waals surface area contributed by atoms with Crippen molar-refractivity contribution >= 4 is 17.7 Å². The number of nitrogens with two attached hydrogens (primary N) is 1. The van der Waals surface area contributed by atoms with Crippen molar-refractivity contribution in [2.45, 2.75) is 32.3 Å². The monoisotopic (exact) mass is 254 g/mol. The van der Waals surface area contributed by atoms with Gasteiger partial charge in [-0.1, -0.05) is 20.8 Å². The summed E-state index contributed by atoms with van der Waals surface area (Å²) >= 11 is 1.85. The number of nitrogen functional groups attached to an aromatic ring is 1. The topological polar surface area (TPSA) is 73.9 Å². The number of ether oxygens (including phenoxy) is 1. The largest absolute Gasteiger partial charge is 0.368 e. The summed E-state index contributed by atoms with van der Waals surface area (Å²) in [6.07, 6.45) is -0.0554. The SMILES string of the molecule is CC(C)(C)c1nc(N)nc(C2CSCCO2)n1. The van der Waals surface area contributed by atoms with Gasteiger partial charge in [-0.15, -0.1) is 0 Å². The molecule has 94 valence electrons. The molecule has 0 aromatic carbocycles. The molecule has 0 spiro atoms. The molecule has 0 radical (unpaired) electrons. The lowest BCUT2D eigenvalue weighted by molar-refractivity contribution is 0.0690. The maximum absolute atomic E-state index is 5.74. The van der Waals surface area contributed by atoms with E-state index in [1.807, 2.05) is 11.8 Å². The van der Waals surface area contributed by atoms with E-state index in [1.54, 1.807) is 0 Å². The summed E-state index contributed by atoms with van der Waals surface area (Å²) in [7, 11) is 0. The van der Waals surface area contributed by atoms with Gasteiger partial charge in [0.2, 0.25) is 5.95 Å². The molecule has 0 amide bonds. The fourth-order valence-corrected chi connectivity index (χ4v) is 2.37. The zero-order valence-corrected chi connectivity index (χ0v) is 11.3. The Bertz CT molecular complexity index is 399. The summed E-state index contributed by atoms with van der Waals surface area (Å²) in [5.41, 5.74) is 5.61. The predicted octanol–water partition coefficient (Wildman–Crippen LogP) is 1.56. The lowest BCUT2D eigenvalue weighted by atomic mass is 9.96. The van der Waals surface area contributed by atoms with Crippen molar-refractivity contribution < 1.29 is 4.74 Å². The summed E-state index contributed by atoms with van der Waals surface area (Å²) < 4.78 is 5.66. The number of thioether (sulfide) groups is 1. The number of rotatable bonds is 1. The molecule has 1 aliphatic heterocycles. The highest BCUT2D eigenvalue weighted by molar-refractivity contribution is 7.99. The van der Waals surface area contributed by atoms with Gasteiger partial charge in [0, 0.05) is 16.9 Å². The van der Waals surface area contributed by atoms with Gasteiger partial charge in [0.25, 0.3) is 0 Å². The highest BCUT2D eigenvalue weighted by atomic mass is 32.2. The minimum absolute atomic E-state index is 0.0554. The van der Waals surface area contributed by atoms with E-state index in [0.29, 0.717) is 5.82 Å². The molecular formula is C11H18N4OS. The van der Waals surface area contributed by atoms with Crippen LogP contribution in [0.5, 0.6) is 0 Å². The van der Waals surface area contributed by atoms with Crippen LogP contribution < -0.4 is 5.73 Å². The zero-order chi connectivity index (χ0) is 12.5. The molecule has 2 heterocycles. The van der Waals surface area contributed by atoms with Crippen LogP contribution in [0.25, 0.3) is 0 Å². The number of hydrogen-bond donors (Lipinski definition) is 1. The van der Waals surface area contributed by atoms with Crippen molar-refractivity contribution in [3.8, 4) is 0 Å². The molecule has 2 N–H and O–H groups in total. The first-order valence-electron chi connectivity index (χ1n) is 5.68. The first-order valence-corrected chi connectivity index (χ1v) is 6.83. The first-order chi connectivity index (χ1) is 7.97. The molecule has 0 bridgehead atoms. The molecule has 1 saturated heterocycles. The van der Waals surface area contributed by atoms with Gasteiger partial charge >= 0.3 is 0 Å². The predicted molar refractivity (Wildman–Crippen MR) is 69.0 cm³/mol. The Kier molecular flexibility index (Phi) is 3.53. The van der Waals surface area contributed by atoms with Crippen molar-refractivity contribution in [2.24, 2.45) is 0 Å². The molecule has 1 fully saturated rings. The van der Waals surface area contributed by atoms with Crippen LogP contribution in [0.15, 0.2) is 0 Å². The van der Waals surface area contributed by atoms with Gasteiger partial charge < -0.3 is 10.5 Å². The third kappa shape index (κ3) is 3.07. The number of nitrogens with zero attached hydrogens (tertiary/aromatic N) is 3. The van der Waals surface area contributed by atoms with Crippen LogP contribution in [0.2, 0.25) is 0 Å². The molecule has 2 rings (SSSR count). The van der Waals surface area contributed by atoms with Crippen molar-refractivity contribution in [3.63, 3.8) is 0 Å². The Balaban J connectivity index is 2.31. The van der Waals surface area contributed by atoms with Gasteiger partial charge in [-0.25, -0.2) is 4.98 Å². The first kappa shape index (κ1) is 12.6. The van der Waals surface area contributed by atoms with E-state index in [1.165, 1.54) is 0 Å². The molecule has 1 unspecified atom stereocenters. The minimum Gasteiger partial charge on any atom is -0.368 e. The lowest BCUT2D eigenvalue weighted by Crippen LogP contribution is -2.23. The fraction of sp³-hybridized carbons (Fsp3) is 0.727. The lowest BCUT2D eigenvalue weighted by Gasteiger charge is -2.23. The molecule has 0 aliphatic carbocycles. The summed E-state index contributed by atoms with van der Waals surface area (Å²) in [5.74, 6) is 3.57. The zero-order valence-electron chi connectivity index (χ0n) is 10.4. The quantitative estimate of drug-likeness (QED) is 0.819. The minimum atomic E-state index is -0.131. The molecular weight excluding hydrogens is 236 g/mol. The van der Waals surface area contributed by atoms with Crippen LogP contribution in [0, 0.1) is 0 Å². The van der Waals surface area contributed by atoms with Gasteiger partial charge in [-0.05, 0) is 0 Å². The van der Waals surface area contributed by atoms with Gasteiger partial charge in [-0.2, -0.15) is 21.7 Å². The Labute approximate surface area is 106 Å². The van der Waals surface area contributed by atoms with Crippen molar-refractivity contribution in [3.05, 3.63) is 11.6 Å². The highest BCUT2D eigenvalue weighted by Crippen LogP contribution is 2.26. The highest BCUT2D eigenvalue weighted by Gasteiger charge is 2.24. The van der Waals surface area contributed by atoms with E-state index in [0.717, 1.165) is 23.9 Å². The van der Waals surface area contributed by atoms with E-state index in [2.05, 4.69) is 35.7 Å². The van der Waals surface area contributed by atoms with Crippen molar-refractivity contribution in [1.29, 1.82) is 0 Å². The number of aromatic nitrogens is 3. The summed E-state index contributed by atoms with van der Waals surface area (Å²) in [4.78, 5) is 12.9. The maximum Gasteiger partial charge on any atom is 0.223 e.